The zero-order valence-electron chi connectivity index (χ0n) is 7.37. The summed E-state index contributed by atoms with van der Waals surface area (Å²) in [6, 6.07) is 0. The monoisotopic (exact) mass is 160 g/mol. The molecular weight excluding hydrogens is 144 g/mol. The molecule has 60 valence electrons. The van der Waals surface area contributed by atoms with Crippen molar-refractivity contribution in [3.8, 4) is 0 Å². The fraction of sp³-hybridized carbons (Fsp3) is 0.778. The minimum Gasteiger partial charge on any atom is -0.122 e. The maximum absolute atomic E-state index is 5.55. The Balaban J connectivity index is 3.79. The lowest BCUT2D eigenvalue weighted by atomic mass is 9.88. The van der Waals surface area contributed by atoms with Gasteiger partial charge in [0.25, 0.3) is 0 Å². The standard InChI is InChI=1S/C9H17Cl/c1-8(5-6-10)7-9(2,3)4/h5H,6-7H2,1-4H3/b8-5-. The average Bonchev–Trinajstić information content (AvgIpc) is 1.59. The highest BCUT2D eigenvalue weighted by atomic mass is 35.5. The molecule has 0 unspecified atom stereocenters. The van der Waals surface area contributed by atoms with Gasteiger partial charge in [0.2, 0.25) is 0 Å². The van der Waals surface area contributed by atoms with E-state index >= 15 is 0 Å². The fourth-order valence-electron chi connectivity index (χ4n) is 1.04. The normalized spacial score (nSPS) is 13.9. The van der Waals surface area contributed by atoms with Crippen molar-refractivity contribution in [1.29, 1.82) is 0 Å². The molecule has 0 aromatic carbocycles. The molecule has 0 aliphatic heterocycles. The van der Waals surface area contributed by atoms with Gasteiger partial charge in [0.15, 0.2) is 0 Å². The smallest absolute Gasteiger partial charge is 0.0406 e. The highest BCUT2D eigenvalue weighted by Gasteiger charge is 2.09. The highest BCUT2D eigenvalue weighted by molar-refractivity contribution is 6.18. The Labute approximate surface area is 69.3 Å². The Morgan fingerprint density at radius 3 is 2.20 bits per heavy atom. The topological polar surface area (TPSA) is 0 Å². The van der Waals surface area contributed by atoms with Crippen molar-refractivity contribution in [1.82, 2.24) is 0 Å². The van der Waals surface area contributed by atoms with Crippen LogP contribution in [0.1, 0.15) is 34.1 Å². The van der Waals surface area contributed by atoms with Crippen LogP contribution in [0.4, 0.5) is 0 Å². The quantitative estimate of drug-likeness (QED) is 0.428. The van der Waals surface area contributed by atoms with E-state index in [0.29, 0.717) is 11.3 Å². The zero-order chi connectivity index (χ0) is 8.20. The molecule has 0 radical (unpaired) electrons. The van der Waals surface area contributed by atoms with Gasteiger partial charge in [-0.25, -0.2) is 0 Å². The van der Waals surface area contributed by atoms with Crippen LogP contribution in [0.25, 0.3) is 0 Å². The maximum Gasteiger partial charge on any atom is 0.0406 e. The Morgan fingerprint density at radius 1 is 1.40 bits per heavy atom. The van der Waals surface area contributed by atoms with E-state index in [0.717, 1.165) is 6.42 Å². The van der Waals surface area contributed by atoms with E-state index in [1.165, 1.54) is 5.57 Å². The third-order valence-corrected chi connectivity index (χ3v) is 1.39. The van der Waals surface area contributed by atoms with Crippen molar-refractivity contribution in [3.05, 3.63) is 11.6 Å². The molecule has 0 N–H and O–H groups in total. The van der Waals surface area contributed by atoms with Crippen LogP contribution >= 0.6 is 11.6 Å². The fourth-order valence-corrected chi connectivity index (χ4v) is 1.30. The molecule has 1 heteroatoms. The Bertz CT molecular complexity index is 117. The SMILES string of the molecule is C/C(=C/CCl)CC(C)(C)C. The van der Waals surface area contributed by atoms with Crippen LogP contribution in [0, 0.1) is 5.41 Å². The summed E-state index contributed by atoms with van der Waals surface area (Å²) in [5, 5.41) is 0. The summed E-state index contributed by atoms with van der Waals surface area (Å²) in [5.74, 6) is 0.641. The molecule has 0 nitrogen and oxygen atoms in total. The first-order valence-electron chi connectivity index (χ1n) is 3.67. The second-order valence-electron chi connectivity index (χ2n) is 3.94. The van der Waals surface area contributed by atoms with Crippen molar-refractivity contribution >= 4 is 11.6 Å². The summed E-state index contributed by atoms with van der Waals surface area (Å²) < 4.78 is 0. The van der Waals surface area contributed by atoms with Crippen LogP contribution in [0.3, 0.4) is 0 Å². The maximum atomic E-state index is 5.55. The molecule has 10 heavy (non-hydrogen) atoms. The second-order valence-corrected chi connectivity index (χ2v) is 4.25. The van der Waals surface area contributed by atoms with E-state index < -0.39 is 0 Å². The van der Waals surface area contributed by atoms with Gasteiger partial charge in [-0.1, -0.05) is 32.4 Å². The predicted octanol–water partition coefficient (Wildman–Crippen LogP) is 3.61. The lowest BCUT2D eigenvalue weighted by molar-refractivity contribution is 0.409. The molecule has 0 aliphatic rings. The van der Waals surface area contributed by atoms with E-state index in [-0.39, 0.29) is 0 Å². The Morgan fingerprint density at radius 2 is 1.90 bits per heavy atom. The van der Waals surface area contributed by atoms with Gasteiger partial charge in [-0.2, -0.15) is 0 Å². The zero-order valence-corrected chi connectivity index (χ0v) is 8.13. The number of hydrogen-bond acceptors (Lipinski definition) is 0. The van der Waals surface area contributed by atoms with Gasteiger partial charge in [-0.05, 0) is 18.8 Å². The summed E-state index contributed by atoms with van der Waals surface area (Å²) in [5.41, 5.74) is 1.79. The second kappa shape index (κ2) is 4.02. The number of alkyl halides is 1. The molecule has 0 amide bonds. The van der Waals surface area contributed by atoms with Crippen LogP contribution < -0.4 is 0 Å². The molecule has 0 aliphatic carbocycles. The molecule has 0 fully saturated rings. The molecule has 0 bridgehead atoms. The van der Waals surface area contributed by atoms with Gasteiger partial charge in [-0.3, -0.25) is 0 Å². The van der Waals surface area contributed by atoms with Crippen molar-refractivity contribution < 1.29 is 0 Å². The lowest BCUT2D eigenvalue weighted by Gasteiger charge is -2.17. The van der Waals surface area contributed by atoms with Crippen LogP contribution in [-0.2, 0) is 0 Å². The molecule has 0 rings (SSSR count). The summed E-state index contributed by atoms with van der Waals surface area (Å²) in [6.45, 7) is 8.84. The molecule has 0 spiro atoms. The summed E-state index contributed by atoms with van der Waals surface area (Å²) in [4.78, 5) is 0. The molecule has 0 aromatic heterocycles. The Hall–Kier alpha value is 0.0300. The predicted molar refractivity (Wildman–Crippen MR) is 48.5 cm³/mol. The van der Waals surface area contributed by atoms with Crippen LogP contribution in [0.5, 0.6) is 0 Å². The molecular formula is C9H17Cl. The van der Waals surface area contributed by atoms with E-state index in [9.17, 15) is 0 Å². The van der Waals surface area contributed by atoms with Gasteiger partial charge in [0, 0.05) is 5.88 Å². The van der Waals surface area contributed by atoms with Crippen LogP contribution in [0.2, 0.25) is 0 Å². The Kier molecular flexibility index (Phi) is 4.04. The minimum absolute atomic E-state index is 0.395. The number of rotatable bonds is 2. The highest BCUT2D eigenvalue weighted by Crippen LogP contribution is 2.23. The third kappa shape index (κ3) is 6.15. The van der Waals surface area contributed by atoms with E-state index in [1.54, 1.807) is 0 Å². The van der Waals surface area contributed by atoms with Crippen molar-refractivity contribution in [2.45, 2.75) is 34.1 Å². The molecule has 0 atom stereocenters. The van der Waals surface area contributed by atoms with E-state index in [1.807, 2.05) is 0 Å². The van der Waals surface area contributed by atoms with Gasteiger partial charge >= 0.3 is 0 Å². The van der Waals surface area contributed by atoms with Crippen LogP contribution in [0.15, 0.2) is 11.6 Å². The van der Waals surface area contributed by atoms with Gasteiger partial charge in [0.1, 0.15) is 0 Å². The summed E-state index contributed by atoms with van der Waals surface area (Å²) >= 11 is 5.55. The first-order chi connectivity index (χ1) is 4.45. The lowest BCUT2D eigenvalue weighted by Crippen LogP contribution is -2.04. The van der Waals surface area contributed by atoms with E-state index in [2.05, 4.69) is 33.8 Å². The van der Waals surface area contributed by atoms with Gasteiger partial charge < -0.3 is 0 Å². The first-order valence-corrected chi connectivity index (χ1v) is 4.21. The summed E-state index contributed by atoms with van der Waals surface area (Å²) in [6.07, 6.45) is 3.21. The minimum atomic E-state index is 0.395. The molecule has 0 saturated carbocycles. The largest absolute Gasteiger partial charge is 0.122 e. The third-order valence-electron chi connectivity index (χ3n) is 1.23. The average molecular weight is 161 g/mol. The molecule has 0 heterocycles. The molecule has 0 aromatic rings. The van der Waals surface area contributed by atoms with Crippen LogP contribution in [-0.4, -0.2) is 5.88 Å². The molecule has 0 saturated heterocycles. The number of halogens is 1. The van der Waals surface area contributed by atoms with Gasteiger partial charge in [0.05, 0.1) is 0 Å². The van der Waals surface area contributed by atoms with Crippen molar-refractivity contribution in [3.63, 3.8) is 0 Å². The van der Waals surface area contributed by atoms with E-state index in [4.69, 9.17) is 11.6 Å². The summed E-state index contributed by atoms with van der Waals surface area (Å²) in [7, 11) is 0. The van der Waals surface area contributed by atoms with Crippen molar-refractivity contribution in [2.24, 2.45) is 5.41 Å². The van der Waals surface area contributed by atoms with Crippen molar-refractivity contribution in [2.75, 3.05) is 5.88 Å². The van der Waals surface area contributed by atoms with Gasteiger partial charge in [-0.15, -0.1) is 11.6 Å². The first kappa shape index (κ1) is 10.0. The number of hydrogen-bond donors (Lipinski definition) is 0. The number of allylic oxidation sites excluding steroid dienone is 2.